The van der Waals surface area contributed by atoms with Crippen molar-refractivity contribution in [3.05, 3.63) is 83.2 Å². The van der Waals surface area contributed by atoms with Crippen molar-refractivity contribution in [1.82, 2.24) is 20.4 Å². The lowest BCUT2D eigenvalue weighted by Gasteiger charge is -2.08. The van der Waals surface area contributed by atoms with Gasteiger partial charge in [-0.3, -0.25) is 10.1 Å². The van der Waals surface area contributed by atoms with Crippen molar-refractivity contribution in [3.63, 3.8) is 0 Å². The van der Waals surface area contributed by atoms with Crippen molar-refractivity contribution >= 4 is 17.9 Å². The van der Waals surface area contributed by atoms with E-state index in [9.17, 15) is 14.4 Å². The first-order valence-electron chi connectivity index (χ1n) is 9.36. The zero-order valence-corrected chi connectivity index (χ0v) is 16.7. The molecule has 3 aromatic rings. The molecule has 8 nitrogen and oxygen atoms in total. The molecule has 0 atom stereocenters. The Morgan fingerprint density at radius 2 is 1.60 bits per heavy atom. The van der Waals surface area contributed by atoms with Gasteiger partial charge in [0.25, 0.3) is 5.91 Å². The smallest absolute Gasteiger partial charge is 0.342 e. The number of nitrogens with one attached hydrogen (secondary N) is 2. The summed E-state index contributed by atoms with van der Waals surface area (Å²) in [5.41, 5.74) is 3.09. The molecule has 0 bridgehead atoms. The van der Waals surface area contributed by atoms with Crippen LogP contribution in [0.25, 0.3) is 5.69 Å². The molecule has 3 rings (SSSR count). The molecule has 0 radical (unpaired) electrons. The minimum atomic E-state index is -0.723. The van der Waals surface area contributed by atoms with Gasteiger partial charge in [0.05, 0.1) is 17.1 Å². The lowest BCUT2D eigenvalue weighted by molar-refractivity contribution is -0.123. The summed E-state index contributed by atoms with van der Waals surface area (Å²) in [6.45, 7) is 3.14. The Hall–Kier alpha value is -3.94. The molecule has 0 saturated carbocycles. The Kier molecular flexibility index (Phi) is 6.59. The standard InChI is InChI=1S/C22H22N4O4/c1-15-20(16(2)26(25-15)18-11-7-4-8-12-18)21(28)30-14-19(27)24-22(29)23-13-17-9-5-3-6-10-17/h3-12H,13-14H2,1-2H3,(H2,23,24,27,29). The molecule has 1 aromatic heterocycles. The number of rotatable bonds is 6. The predicted octanol–water partition coefficient (Wildman–Crippen LogP) is 2.67. The van der Waals surface area contributed by atoms with E-state index in [1.54, 1.807) is 18.5 Å². The molecule has 154 valence electrons. The van der Waals surface area contributed by atoms with Gasteiger partial charge in [0.15, 0.2) is 6.61 Å². The first-order valence-corrected chi connectivity index (χ1v) is 9.36. The molecule has 0 saturated heterocycles. The zero-order chi connectivity index (χ0) is 21.5. The number of benzene rings is 2. The van der Waals surface area contributed by atoms with E-state index in [0.29, 0.717) is 17.0 Å². The second-order valence-electron chi connectivity index (χ2n) is 6.59. The molecule has 2 aromatic carbocycles. The Labute approximate surface area is 173 Å². The highest BCUT2D eigenvalue weighted by molar-refractivity contribution is 5.97. The number of hydrogen-bond donors (Lipinski definition) is 2. The van der Waals surface area contributed by atoms with Crippen molar-refractivity contribution in [1.29, 1.82) is 0 Å². The van der Waals surface area contributed by atoms with Gasteiger partial charge in [-0.1, -0.05) is 48.5 Å². The lowest BCUT2D eigenvalue weighted by Crippen LogP contribution is -2.41. The SMILES string of the molecule is Cc1nn(-c2ccccc2)c(C)c1C(=O)OCC(=O)NC(=O)NCc1ccccc1. The van der Waals surface area contributed by atoms with E-state index in [4.69, 9.17) is 4.74 Å². The number of ether oxygens (including phenoxy) is 1. The molecule has 0 spiro atoms. The maximum absolute atomic E-state index is 12.5. The first kappa shape index (κ1) is 20.8. The van der Waals surface area contributed by atoms with E-state index in [1.807, 2.05) is 60.7 Å². The van der Waals surface area contributed by atoms with Gasteiger partial charge in [0.1, 0.15) is 5.56 Å². The number of aryl methyl sites for hydroxylation is 1. The third-order valence-corrected chi connectivity index (χ3v) is 4.38. The fourth-order valence-electron chi connectivity index (χ4n) is 2.95. The highest BCUT2D eigenvalue weighted by Crippen LogP contribution is 2.18. The van der Waals surface area contributed by atoms with E-state index in [0.717, 1.165) is 11.3 Å². The molecule has 30 heavy (non-hydrogen) atoms. The summed E-state index contributed by atoms with van der Waals surface area (Å²) in [6, 6.07) is 18.0. The fourth-order valence-corrected chi connectivity index (χ4v) is 2.95. The molecule has 2 N–H and O–H groups in total. The van der Waals surface area contributed by atoms with Gasteiger partial charge in [-0.05, 0) is 31.5 Å². The molecule has 0 fully saturated rings. The third-order valence-electron chi connectivity index (χ3n) is 4.38. The van der Waals surface area contributed by atoms with Crippen molar-refractivity contribution in [2.75, 3.05) is 6.61 Å². The van der Waals surface area contributed by atoms with Gasteiger partial charge in [-0.25, -0.2) is 14.3 Å². The number of hydrogen-bond acceptors (Lipinski definition) is 5. The quantitative estimate of drug-likeness (QED) is 0.613. The largest absolute Gasteiger partial charge is 0.452 e. The number of esters is 1. The molecular formula is C22H22N4O4. The number of carbonyl (C=O) groups excluding carboxylic acids is 3. The van der Waals surface area contributed by atoms with E-state index in [2.05, 4.69) is 15.7 Å². The second-order valence-corrected chi connectivity index (χ2v) is 6.59. The van der Waals surface area contributed by atoms with Crippen molar-refractivity contribution < 1.29 is 19.1 Å². The van der Waals surface area contributed by atoms with Crippen LogP contribution in [0.1, 0.15) is 27.3 Å². The summed E-state index contributed by atoms with van der Waals surface area (Å²) >= 11 is 0. The number of nitrogens with zero attached hydrogens (tertiary/aromatic N) is 2. The van der Waals surface area contributed by atoms with Crippen LogP contribution in [0.5, 0.6) is 0 Å². The summed E-state index contributed by atoms with van der Waals surface area (Å²) in [7, 11) is 0. The predicted molar refractivity (Wildman–Crippen MR) is 110 cm³/mol. The van der Waals surface area contributed by atoms with Crippen LogP contribution < -0.4 is 10.6 Å². The summed E-state index contributed by atoms with van der Waals surface area (Å²) in [5.74, 6) is -1.40. The Bertz CT molecular complexity index is 1050. The Morgan fingerprint density at radius 3 is 2.27 bits per heavy atom. The Balaban J connectivity index is 1.53. The van der Waals surface area contributed by atoms with Gasteiger partial charge in [-0.15, -0.1) is 0 Å². The number of imide groups is 1. The van der Waals surface area contributed by atoms with Crippen LogP contribution in [-0.4, -0.2) is 34.3 Å². The molecule has 3 amide bonds. The lowest BCUT2D eigenvalue weighted by atomic mass is 10.2. The maximum Gasteiger partial charge on any atom is 0.342 e. The molecule has 1 heterocycles. The maximum atomic E-state index is 12.5. The average Bonchev–Trinajstić information content (AvgIpc) is 3.06. The first-order chi connectivity index (χ1) is 14.5. The summed E-state index contributed by atoms with van der Waals surface area (Å²) in [5, 5.41) is 9.08. The molecule has 0 aliphatic carbocycles. The normalized spacial score (nSPS) is 10.3. The van der Waals surface area contributed by atoms with Crippen molar-refractivity contribution in [2.45, 2.75) is 20.4 Å². The van der Waals surface area contributed by atoms with E-state index < -0.39 is 24.5 Å². The van der Waals surface area contributed by atoms with E-state index >= 15 is 0 Å². The Morgan fingerprint density at radius 1 is 0.967 bits per heavy atom. The van der Waals surface area contributed by atoms with Crippen LogP contribution in [0, 0.1) is 13.8 Å². The molecule has 0 unspecified atom stereocenters. The van der Waals surface area contributed by atoms with Crippen molar-refractivity contribution in [2.24, 2.45) is 0 Å². The summed E-state index contributed by atoms with van der Waals surface area (Å²) in [6.07, 6.45) is 0. The summed E-state index contributed by atoms with van der Waals surface area (Å²) < 4.78 is 6.72. The van der Waals surface area contributed by atoms with Gasteiger partial charge in [0.2, 0.25) is 0 Å². The topological polar surface area (TPSA) is 102 Å². The number of aromatic nitrogens is 2. The van der Waals surface area contributed by atoms with Crippen LogP contribution in [0.15, 0.2) is 60.7 Å². The number of para-hydroxylation sites is 1. The fraction of sp³-hybridized carbons (Fsp3) is 0.182. The van der Waals surface area contributed by atoms with Gasteiger partial charge in [0, 0.05) is 6.54 Å². The third kappa shape index (κ3) is 5.11. The molecular weight excluding hydrogens is 384 g/mol. The highest BCUT2D eigenvalue weighted by Gasteiger charge is 2.21. The van der Waals surface area contributed by atoms with Crippen LogP contribution in [0.2, 0.25) is 0 Å². The van der Waals surface area contributed by atoms with Crippen LogP contribution in [-0.2, 0) is 16.1 Å². The van der Waals surface area contributed by atoms with Gasteiger partial charge >= 0.3 is 12.0 Å². The van der Waals surface area contributed by atoms with Crippen LogP contribution in [0.4, 0.5) is 4.79 Å². The summed E-state index contributed by atoms with van der Waals surface area (Å²) in [4.78, 5) is 36.2. The highest BCUT2D eigenvalue weighted by atomic mass is 16.5. The number of urea groups is 1. The zero-order valence-electron chi connectivity index (χ0n) is 16.7. The molecule has 0 aliphatic rings. The van der Waals surface area contributed by atoms with Crippen LogP contribution in [0.3, 0.4) is 0 Å². The van der Waals surface area contributed by atoms with Crippen LogP contribution >= 0.6 is 0 Å². The van der Waals surface area contributed by atoms with Gasteiger partial charge < -0.3 is 10.1 Å². The van der Waals surface area contributed by atoms with E-state index in [-0.39, 0.29) is 6.54 Å². The average molecular weight is 406 g/mol. The van der Waals surface area contributed by atoms with Gasteiger partial charge in [-0.2, -0.15) is 5.10 Å². The number of carbonyl (C=O) groups is 3. The monoisotopic (exact) mass is 406 g/mol. The minimum absolute atomic E-state index is 0.275. The second kappa shape index (κ2) is 9.51. The van der Waals surface area contributed by atoms with Crippen molar-refractivity contribution in [3.8, 4) is 5.69 Å². The molecule has 0 aliphatic heterocycles. The minimum Gasteiger partial charge on any atom is -0.452 e. The van der Waals surface area contributed by atoms with E-state index in [1.165, 1.54) is 0 Å². The number of amides is 3. The molecule has 8 heteroatoms.